The highest BCUT2D eigenvalue weighted by Crippen LogP contribution is 2.39. The van der Waals surface area contributed by atoms with E-state index in [0.717, 1.165) is 60.4 Å². The quantitative estimate of drug-likeness (QED) is 0.597. The Bertz CT molecular complexity index is 788. The molecule has 2 aromatic rings. The van der Waals surface area contributed by atoms with Gasteiger partial charge < -0.3 is 14.8 Å². The molecule has 3 nitrogen and oxygen atoms in total. The first kappa shape index (κ1) is 19.6. The van der Waals surface area contributed by atoms with Crippen LogP contribution in [0.3, 0.4) is 0 Å². The van der Waals surface area contributed by atoms with Gasteiger partial charge in [0.25, 0.3) is 0 Å². The van der Waals surface area contributed by atoms with E-state index in [1.807, 2.05) is 30.3 Å². The molecule has 0 aromatic heterocycles. The highest BCUT2D eigenvalue weighted by Gasteiger charge is 2.34. The van der Waals surface area contributed by atoms with E-state index >= 15 is 0 Å². The Hall–Kier alpha value is -1.71. The molecule has 1 heterocycles. The molecule has 1 N–H and O–H groups in total. The number of ether oxygens (including phenoxy) is 2. The van der Waals surface area contributed by atoms with Gasteiger partial charge in [0.15, 0.2) is 0 Å². The summed E-state index contributed by atoms with van der Waals surface area (Å²) in [4.78, 5) is 0. The fourth-order valence-corrected chi connectivity index (χ4v) is 4.18. The summed E-state index contributed by atoms with van der Waals surface area (Å²) < 4.78 is 12.5. The molecule has 1 saturated carbocycles. The Kier molecular flexibility index (Phi) is 6.13. The van der Waals surface area contributed by atoms with Gasteiger partial charge in [0, 0.05) is 11.1 Å². The highest BCUT2D eigenvalue weighted by atomic mass is 35.5. The standard InChI is InChI=1S/C24H30ClNO2/c1-2-24(14-15-26-21-4-3-5-21)13-12-19-16-22(10-11-23(19)28-24)27-17-18-6-8-20(25)9-7-18/h6-11,16,21,26H,2-5,12-15,17H2,1H3. The van der Waals surface area contributed by atoms with Crippen molar-refractivity contribution in [2.24, 2.45) is 0 Å². The number of halogens is 1. The van der Waals surface area contributed by atoms with Crippen molar-refractivity contribution in [2.75, 3.05) is 6.54 Å². The van der Waals surface area contributed by atoms with Gasteiger partial charge in [-0.2, -0.15) is 0 Å². The Morgan fingerprint density at radius 2 is 2.00 bits per heavy atom. The Morgan fingerprint density at radius 3 is 2.71 bits per heavy atom. The molecule has 0 bridgehead atoms. The van der Waals surface area contributed by atoms with Gasteiger partial charge in [-0.3, -0.25) is 0 Å². The predicted molar refractivity (Wildman–Crippen MR) is 114 cm³/mol. The lowest BCUT2D eigenvalue weighted by Gasteiger charge is -2.39. The summed E-state index contributed by atoms with van der Waals surface area (Å²) in [5.41, 5.74) is 2.34. The van der Waals surface area contributed by atoms with Gasteiger partial charge in [0.1, 0.15) is 23.7 Å². The van der Waals surface area contributed by atoms with Crippen molar-refractivity contribution >= 4 is 11.6 Å². The lowest BCUT2D eigenvalue weighted by atomic mass is 9.85. The molecule has 150 valence electrons. The molecule has 0 radical (unpaired) electrons. The second-order valence-electron chi connectivity index (χ2n) is 8.16. The van der Waals surface area contributed by atoms with E-state index < -0.39 is 0 Å². The fraction of sp³-hybridized carbons (Fsp3) is 0.500. The van der Waals surface area contributed by atoms with Crippen LogP contribution >= 0.6 is 11.6 Å². The van der Waals surface area contributed by atoms with Crippen LogP contribution in [0.1, 0.15) is 56.6 Å². The number of rotatable bonds is 8. The van der Waals surface area contributed by atoms with Gasteiger partial charge in [0.2, 0.25) is 0 Å². The van der Waals surface area contributed by atoms with E-state index in [0.29, 0.717) is 6.61 Å². The third kappa shape index (κ3) is 4.64. The number of fused-ring (bicyclic) bond motifs is 1. The predicted octanol–water partition coefficient (Wildman–Crippen LogP) is 5.93. The van der Waals surface area contributed by atoms with Gasteiger partial charge in [0.05, 0.1) is 0 Å². The number of aryl methyl sites for hydroxylation is 1. The molecular weight excluding hydrogens is 370 g/mol. The molecule has 1 fully saturated rings. The lowest BCUT2D eigenvalue weighted by Crippen LogP contribution is -2.44. The first-order valence-electron chi connectivity index (χ1n) is 10.6. The fourth-order valence-electron chi connectivity index (χ4n) is 4.05. The molecule has 0 saturated heterocycles. The van der Waals surface area contributed by atoms with Crippen LogP contribution in [0, 0.1) is 0 Å². The van der Waals surface area contributed by atoms with E-state index in [1.54, 1.807) is 0 Å². The monoisotopic (exact) mass is 399 g/mol. The molecule has 1 aliphatic carbocycles. The number of hydrogen-bond acceptors (Lipinski definition) is 3. The summed E-state index contributed by atoms with van der Waals surface area (Å²) in [6.45, 7) is 3.84. The van der Waals surface area contributed by atoms with Crippen LogP contribution in [-0.2, 0) is 13.0 Å². The third-order valence-electron chi connectivity index (χ3n) is 6.29. The topological polar surface area (TPSA) is 30.5 Å². The molecule has 1 aliphatic heterocycles. The summed E-state index contributed by atoms with van der Waals surface area (Å²) in [6.07, 6.45) is 8.29. The molecule has 4 heteroatoms. The second kappa shape index (κ2) is 8.75. The molecule has 2 aromatic carbocycles. The van der Waals surface area contributed by atoms with Crippen LogP contribution in [0.5, 0.6) is 11.5 Å². The molecule has 0 amide bonds. The maximum Gasteiger partial charge on any atom is 0.123 e. The van der Waals surface area contributed by atoms with Crippen LogP contribution in [0.25, 0.3) is 0 Å². The average molecular weight is 400 g/mol. The van der Waals surface area contributed by atoms with Crippen LogP contribution in [0.2, 0.25) is 5.02 Å². The largest absolute Gasteiger partial charge is 0.489 e. The minimum Gasteiger partial charge on any atom is -0.489 e. The summed E-state index contributed by atoms with van der Waals surface area (Å²) in [5, 5.41) is 4.43. The van der Waals surface area contributed by atoms with Gasteiger partial charge >= 0.3 is 0 Å². The van der Waals surface area contributed by atoms with E-state index in [4.69, 9.17) is 21.1 Å². The molecule has 1 atom stereocenters. The second-order valence-corrected chi connectivity index (χ2v) is 8.59. The van der Waals surface area contributed by atoms with Crippen molar-refractivity contribution in [3.63, 3.8) is 0 Å². The van der Waals surface area contributed by atoms with Crippen molar-refractivity contribution in [3.8, 4) is 11.5 Å². The smallest absolute Gasteiger partial charge is 0.123 e. The zero-order valence-electron chi connectivity index (χ0n) is 16.7. The zero-order chi connectivity index (χ0) is 19.4. The SMILES string of the molecule is CCC1(CCNC2CCC2)CCc2cc(OCc3ccc(Cl)cc3)ccc2O1. The summed E-state index contributed by atoms with van der Waals surface area (Å²) in [5.74, 6) is 1.92. The van der Waals surface area contributed by atoms with Gasteiger partial charge in [-0.05, 0) is 86.5 Å². The molecule has 0 spiro atoms. The van der Waals surface area contributed by atoms with Crippen molar-refractivity contribution in [1.29, 1.82) is 0 Å². The van der Waals surface area contributed by atoms with Crippen molar-refractivity contribution in [1.82, 2.24) is 5.32 Å². The first-order chi connectivity index (χ1) is 13.7. The maximum absolute atomic E-state index is 6.52. The van der Waals surface area contributed by atoms with Crippen LogP contribution in [0.4, 0.5) is 0 Å². The Labute approximate surface area is 173 Å². The molecule has 4 rings (SSSR count). The first-order valence-corrected chi connectivity index (χ1v) is 11.0. The van der Waals surface area contributed by atoms with Gasteiger partial charge in [-0.25, -0.2) is 0 Å². The Balaban J connectivity index is 1.35. The molecule has 1 unspecified atom stereocenters. The lowest BCUT2D eigenvalue weighted by molar-refractivity contribution is 0.0323. The number of benzene rings is 2. The van der Waals surface area contributed by atoms with Crippen LogP contribution in [0.15, 0.2) is 42.5 Å². The minimum atomic E-state index is -0.0323. The Morgan fingerprint density at radius 1 is 1.18 bits per heavy atom. The maximum atomic E-state index is 6.52. The van der Waals surface area contributed by atoms with Crippen LogP contribution in [-0.4, -0.2) is 18.2 Å². The van der Waals surface area contributed by atoms with Gasteiger partial charge in [-0.15, -0.1) is 0 Å². The van der Waals surface area contributed by atoms with Crippen molar-refractivity contribution in [2.45, 2.75) is 70.1 Å². The van der Waals surface area contributed by atoms with E-state index in [2.05, 4.69) is 24.4 Å². The molecule has 2 aliphatic rings. The normalized spacial score (nSPS) is 21.5. The van der Waals surface area contributed by atoms with Crippen molar-refractivity contribution < 1.29 is 9.47 Å². The van der Waals surface area contributed by atoms with Crippen molar-refractivity contribution in [3.05, 3.63) is 58.6 Å². The zero-order valence-corrected chi connectivity index (χ0v) is 17.4. The highest BCUT2D eigenvalue weighted by molar-refractivity contribution is 6.30. The van der Waals surface area contributed by atoms with Crippen LogP contribution < -0.4 is 14.8 Å². The van der Waals surface area contributed by atoms with E-state index in [-0.39, 0.29) is 5.60 Å². The molecular formula is C24H30ClNO2. The average Bonchev–Trinajstić information content (AvgIpc) is 2.69. The number of nitrogens with one attached hydrogen (secondary N) is 1. The minimum absolute atomic E-state index is 0.0323. The van der Waals surface area contributed by atoms with Gasteiger partial charge in [-0.1, -0.05) is 37.1 Å². The third-order valence-corrected chi connectivity index (χ3v) is 6.54. The summed E-state index contributed by atoms with van der Waals surface area (Å²) >= 11 is 5.94. The van der Waals surface area contributed by atoms with E-state index in [1.165, 1.54) is 24.8 Å². The van der Waals surface area contributed by atoms with E-state index in [9.17, 15) is 0 Å². The summed E-state index contributed by atoms with van der Waals surface area (Å²) in [6, 6.07) is 14.8. The molecule has 28 heavy (non-hydrogen) atoms. The number of hydrogen-bond donors (Lipinski definition) is 1. The summed E-state index contributed by atoms with van der Waals surface area (Å²) in [7, 11) is 0.